The number of nitrogens with zero attached hydrogens (tertiary/aromatic N) is 3. The van der Waals surface area contributed by atoms with Crippen LogP contribution in [0.5, 0.6) is 0 Å². The van der Waals surface area contributed by atoms with E-state index in [0.717, 1.165) is 19.3 Å². The molecule has 2 heterocycles. The van der Waals surface area contributed by atoms with Gasteiger partial charge in [0, 0.05) is 13.1 Å². The standard InChI is InChI=1S/C18H28N4O4/c1-5-8-10-22-15-14(16(23)20-18(22)25)21(9-6-2)13(19-15)11-26-17(24)12(4)7-3/h12H,5-11H2,1-4H3,(H,20,23,25). The van der Waals surface area contributed by atoms with Crippen molar-refractivity contribution < 1.29 is 9.53 Å². The maximum absolute atomic E-state index is 12.4. The van der Waals surface area contributed by atoms with E-state index in [9.17, 15) is 14.4 Å². The molecular weight excluding hydrogens is 336 g/mol. The highest BCUT2D eigenvalue weighted by Gasteiger charge is 2.20. The predicted octanol–water partition coefficient (Wildman–Crippen LogP) is 2.19. The van der Waals surface area contributed by atoms with Crippen LogP contribution >= 0.6 is 0 Å². The molecular formula is C18H28N4O4. The molecule has 8 nitrogen and oxygen atoms in total. The third-order valence-electron chi connectivity index (χ3n) is 4.51. The van der Waals surface area contributed by atoms with Gasteiger partial charge in [0.05, 0.1) is 5.92 Å². The lowest BCUT2D eigenvalue weighted by molar-refractivity contribution is -0.149. The number of imidazole rings is 1. The van der Waals surface area contributed by atoms with Crippen molar-refractivity contribution in [1.82, 2.24) is 19.1 Å². The summed E-state index contributed by atoms with van der Waals surface area (Å²) in [6.07, 6.45) is 3.20. The van der Waals surface area contributed by atoms with Gasteiger partial charge in [0.1, 0.15) is 12.4 Å². The van der Waals surface area contributed by atoms with E-state index >= 15 is 0 Å². The van der Waals surface area contributed by atoms with Crippen molar-refractivity contribution in [3.63, 3.8) is 0 Å². The van der Waals surface area contributed by atoms with Crippen molar-refractivity contribution in [2.45, 2.75) is 73.1 Å². The Bertz CT molecular complexity index is 878. The second-order valence-corrected chi connectivity index (χ2v) is 6.53. The van der Waals surface area contributed by atoms with Crippen LogP contribution in [0.1, 0.15) is 59.2 Å². The van der Waals surface area contributed by atoms with Crippen LogP contribution in [0, 0.1) is 5.92 Å². The van der Waals surface area contributed by atoms with E-state index in [4.69, 9.17) is 4.74 Å². The number of rotatable bonds is 9. The molecule has 1 N–H and O–H groups in total. The number of aryl methyl sites for hydroxylation is 2. The fourth-order valence-electron chi connectivity index (χ4n) is 2.76. The maximum atomic E-state index is 12.4. The van der Waals surface area contributed by atoms with Gasteiger partial charge in [-0.3, -0.25) is 19.1 Å². The molecule has 0 saturated heterocycles. The summed E-state index contributed by atoms with van der Waals surface area (Å²) in [6, 6.07) is 0. The van der Waals surface area contributed by atoms with Crippen LogP contribution in [0.15, 0.2) is 9.59 Å². The molecule has 0 aromatic carbocycles. The predicted molar refractivity (Wildman–Crippen MR) is 99.1 cm³/mol. The first-order valence-electron chi connectivity index (χ1n) is 9.33. The van der Waals surface area contributed by atoms with Crippen molar-refractivity contribution in [1.29, 1.82) is 0 Å². The van der Waals surface area contributed by atoms with Gasteiger partial charge in [-0.05, 0) is 19.3 Å². The molecule has 0 radical (unpaired) electrons. The molecule has 2 aromatic heterocycles. The molecule has 2 rings (SSSR count). The molecule has 2 aromatic rings. The van der Waals surface area contributed by atoms with E-state index in [1.54, 1.807) is 4.57 Å². The first kappa shape index (κ1) is 19.9. The summed E-state index contributed by atoms with van der Waals surface area (Å²) >= 11 is 0. The lowest BCUT2D eigenvalue weighted by Gasteiger charge is -2.10. The highest BCUT2D eigenvalue weighted by atomic mass is 16.5. The summed E-state index contributed by atoms with van der Waals surface area (Å²) in [5, 5.41) is 0. The molecule has 1 unspecified atom stereocenters. The summed E-state index contributed by atoms with van der Waals surface area (Å²) in [5.74, 6) is 0.00452. The van der Waals surface area contributed by atoms with Gasteiger partial charge in [-0.1, -0.05) is 34.1 Å². The Kier molecular flexibility index (Phi) is 6.76. The van der Waals surface area contributed by atoms with Crippen LogP contribution < -0.4 is 11.2 Å². The molecule has 0 aliphatic carbocycles. The van der Waals surface area contributed by atoms with Crippen molar-refractivity contribution >= 4 is 17.1 Å². The fourth-order valence-corrected chi connectivity index (χ4v) is 2.76. The molecule has 144 valence electrons. The number of esters is 1. The lowest BCUT2D eigenvalue weighted by Crippen LogP contribution is -2.31. The van der Waals surface area contributed by atoms with Gasteiger partial charge in [-0.15, -0.1) is 0 Å². The Labute approximate surface area is 152 Å². The topological polar surface area (TPSA) is 99.0 Å². The molecule has 0 saturated carbocycles. The molecule has 8 heteroatoms. The molecule has 0 aliphatic rings. The zero-order valence-electron chi connectivity index (χ0n) is 16.0. The summed E-state index contributed by atoms with van der Waals surface area (Å²) in [7, 11) is 0. The largest absolute Gasteiger partial charge is 0.457 e. The summed E-state index contributed by atoms with van der Waals surface area (Å²) in [6.45, 7) is 8.78. The fraction of sp³-hybridized carbons (Fsp3) is 0.667. The maximum Gasteiger partial charge on any atom is 0.330 e. The molecule has 1 atom stereocenters. The molecule has 0 spiro atoms. The Morgan fingerprint density at radius 2 is 1.88 bits per heavy atom. The number of hydrogen-bond donors (Lipinski definition) is 1. The van der Waals surface area contributed by atoms with Gasteiger partial charge in [0.15, 0.2) is 11.2 Å². The number of carbonyl (C=O) groups is 1. The number of H-pyrrole nitrogens is 1. The second kappa shape index (κ2) is 8.82. The van der Waals surface area contributed by atoms with E-state index in [2.05, 4.69) is 9.97 Å². The zero-order valence-corrected chi connectivity index (χ0v) is 16.0. The molecule has 0 aliphatic heterocycles. The average Bonchev–Trinajstić information content (AvgIpc) is 2.98. The van der Waals surface area contributed by atoms with Crippen LogP contribution in [-0.2, 0) is 29.2 Å². The Morgan fingerprint density at radius 3 is 2.50 bits per heavy atom. The van der Waals surface area contributed by atoms with E-state index in [0.29, 0.717) is 36.5 Å². The third-order valence-corrected chi connectivity index (χ3v) is 4.51. The number of ether oxygens (including phenoxy) is 1. The van der Waals surface area contributed by atoms with E-state index < -0.39 is 11.2 Å². The zero-order chi connectivity index (χ0) is 19.3. The number of aromatic amines is 1. The first-order valence-corrected chi connectivity index (χ1v) is 9.33. The Balaban J connectivity index is 2.51. The van der Waals surface area contributed by atoms with Crippen LogP contribution in [0.4, 0.5) is 0 Å². The third kappa shape index (κ3) is 4.05. The SMILES string of the molecule is CCCCn1c(=O)[nH]c(=O)c2c1nc(COC(=O)C(C)CC)n2CCC. The monoisotopic (exact) mass is 364 g/mol. The van der Waals surface area contributed by atoms with Crippen LogP contribution in [-0.4, -0.2) is 25.1 Å². The average molecular weight is 364 g/mol. The number of fused-ring (bicyclic) bond motifs is 1. The summed E-state index contributed by atoms with van der Waals surface area (Å²) in [5.41, 5.74) is -0.203. The molecule has 26 heavy (non-hydrogen) atoms. The smallest absolute Gasteiger partial charge is 0.330 e. The van der Waals surface area contributed by atoms with Crippen molar-refractivity contribution in [2.75, 3.05) is 0 Å². The normalized spacial score (nSPS) is 12.5. The summed E-state index contributed by atoms with van der Waals surface area (Å²) in [4.78, 5) is 43.4. The van der Waals surface area contributed by atoms with Crippen molar-refractivity contribution in [2.24, 2.45) is 5.92 Å². The quantitative estimate of drug-likeness (QED) is 0.688. The molecule has 0 amide bonds. The van der Waals surface area contributed by atoms with Crippen LogP contribution in [0.2, 0.25) is 0 Å². The van der Waals surface area contributed by atoms with Gasteiger partial charge in [0.2, 0.25) is 0 Å². The van der Waals surface area contributed by atoms with Gasteiger partial charge in [-0.25, -0.2) is 9.78 Å². The van der Waals surface area contributed by atoms with Gasteiger partial charge < -0.3 is 9.30 Å². The van der Waals surface area contributed by atoms with Gasteiger partial charge >= 0.3 is 11.7 Å². The van der Waals surface area contributed by atoms with E-state index in [1.807, 2.05) is 27.7 Å². The van der Waals surface area contributed by atoms with Crippen LogP contribution in [0.3, 0.4) is 0 Å². The highest BCUT2D eigenvalue weighted by Crippen LogP contribution is 2.15. The van der Waals surface area contributed by atoms with E-state index in [-0.39, 0.29) is 18.5 Å². The van der Waals surface area contributed by atoms with Gasteiger partial charge in [0.25, 0.3) is 5.56 Å². The summed E-state index contributed by atoms with van der Waals surface area (Å²) < 4.78 is 8.61. The number of unbranched alkanes of at least 4 members (excludes halogenated alkanes) is 1. The number of hydrogen-bond acceptors (Lipinski definition) is 5. The van der Waals surface area contributed by atoms with Gasteiger partial charge in [-0.2, -0.15) is 0 Å². The minimum absolute atomic E-state index is 0.0146. The lowest BCUT2D eigenvalue weighted by atomic mass is 10.1. The molecule has 0 fully saturated rings. The minimum Gasteiger partial charge on any atom is -0.457 e. The van der Waals surface area contributed by atoms with Crippen LogP contribution in [0.25, 0.3) is 11.2 Å². The molecule has 0 bridgehead atoms. The number of carbonyl (C=O) groups excluding carboxylic acids is 1. The minimum atomic E-state index is -0.460. The Morgan fingerprint density at radius 1 is 1.15 bits per heavy atom. The number of aromatic nitrogens is 4. The highest BCUT2D eigenvalue weighted by molar-refractivity contribution is 5.73. The van der Waals surface area contributed by atoms with Crippen molar-refractivity contribution in [3.8, 4) is 0 Å². The second-order valence-electron chi connectivity index (χ2n) is 6.53. The number of nitrogens with one attached hydrogen (secondary N) is 1. The van der Waals surface area contributed by atoms with Crippen molar-refractivity contribution in [3.05, 3.63) is 26.7 Å². The first-order chi connectivity index (χ1) is 12.4. The van der Waals surface area contributed by atoms with E-state index in [1.165, 1.54) is 4.57 Å². The Hall–Kier alpha value is -2.38.